The third-order valence-corrected chi connectivity index (χ3v) is 18.4. The van der Waals surface area contributed by atoms with Crippen LogP contribution in [0.2, 0.25) is 0 Å². The van der Waals surface area contributed by atoms with Gasteiger partial charge in [-0.05, 0) is 69.8 Å². The van der Waals surface area contributed by atoms with Gasteiger partial charge in [-0.1, -0.05) is 71.2 Å². The predicted molar refractivity (Wildman–Crippen MR) is 363 cm³/mol. The number of rotatable bonds is 26. The van der Waals surface area contributed by atoms with E-state index < -0.39 is 155 Å². The first kappa shape index (κ1) is 80.2. The Morgan fingerprint density at radius 1 is 0.612 bits per heavy atom. The number of carbonyl (C=O) groups excluding carboxylic acids is 10. The minimum absolute atomic E-state index is 0.0175. The molecule has 31 N–H and O–H groups in total. The summed E-state index contributed by atoms with van der Waals surface area (Å²) in [5.41, 5.74) is 51.0. The number of hydrogen-bond donors (Lipinski definition) is 22. The lowest BCUT2D eigenvalue weighted by Crippen LogP contribution is -2.62. The van der Waals surface area contributed by atoms with E-state index >= 15 is 0 Å². The summed E-state index contributed by atoms with van der Waals surface area (Å²) in [5.74, 6) is -14.7. The van der Waals surface area contributed by atoms with Crippen molar-refractivity contribution in [3.8, 4) is 0 Å². The van der Waals surface area contributed by atoms with E-state index in [0.717, 1.165) is 21.6 Å². The molecule has 0 bridgehead atoms. The molecule has 1 spiro atoms. The highest BCUT2D eigenvalue weighted by molar-refractivity contribution is 8.77. The molecule has 9 atom stereocenters. The zero-order valence-corrected chi connectivity index (χ0v) is 55.5. The van der Waals surface area contributed by atoms with Gasteiger partial charge < -0.3 is 120 Å². The molecule has 98 heavy (non-hydrogen) atoms. The Morgan fingerprint density at radius 2 is 1.13 bits per heavy atom. The van der Waals surface area contributed by atoms with E-state index in [1.54, 1.807) is 6.07 Å². The highest BCUT2D eigenvalue weighted by Crippen LogP contribution is 2.48. The Labute approximate surface area is 571 Å². The standard InChI is InChI=1S/C57H91N25O14S2/c58-32(13-7-19-68-53(59)60)44(87)82-43-51(94)73-27-40(84)75-36(23-31-25-67-29-74-31)47(90)77-33(14-8-20-69-54(61)62)45(88)72-26-39(83)76-37(24-41(85)86)48(91)81-42(30-11-3-1-4-12-30)50(93)78-34(15-9-21-70-55(63)64)46(89)80-38(28-97-98-57(43)17-5-2-6-18-57)49(92)79-35(52(95)96)16-10-22-71-56(65)66/h1,3-4,11-12,25,29,32-38,42-43H,2,5-10,13-24,26-28,58H2,(H,67,74)(H,72,88)(H,73,94)(H,75,84)(H,76,83)(H,77,90)(H,78,93)(H,79,92)(H,80,89)(H,81,91)(H,82,87)(H,85,86)(H,95,96)(H4,59,60,68)(H4,61,62,69)(H4,63,64,70)(H4,65,66,71)/t32-,33-,34-,35-,36-,37-,38-,42-,43?/m0/s1. The maximum absolute atomic E-state index is 15.0. The number of nitrogens with two attached hydrogens (primary N) is 9. The number of imidazole rings is 1. The Bertz CT molecular complexity index is 3160. The van der Waals surface area contributed by atoms with Gasteiger partial charge >= 0.3 is 11.9 Å². The second kappa shape index (κ2) is 41.7. The van der Waals surface area contributed by atoms with E-state index in [-0.39, 0.29) is 126 Å². The Hall–Kier alpha value is -10.2. The van der Waals surface area contributed by atoms with E-state index in [2.05, 4.69) is 83.1 Å². The smallest absolute Gasteiger partial charge is 0.326 e. The van der Waals surface area contributed by atoms with Crippen molar-refractivity contribution in [2.75, 3.05) is 45.0 Å². The van der Waals surface area contributed by atoms with Gasteiger partial charge in [-0.3, -0.25) is 72.7 Å². The molecule has 1 aliphatic carbocycles. The van der Waals surface area contributed by atoms with E-state index in [1.807, 2.05) is 0 Å². The van der Waals surface area contributed by atoms with E-state index in [0.29, 0.717) is 25.0 Å². The van der Waals surface area contributed by atoms with Gasteiger partial charge in [0.15, 0.2) is 23.8 Å². The lowest BCUT2D eigenvalue weighted by molar-refractivity contribution is -0.142. The highest BCUT2D eigenvalue weighted by Gasteiger charge is 2.47. The van der Waals surface area contributed by atoms with Gasteiger partial charge in [0, 0.05) is 50.2 Å². The number of H-pyrrole nitrogens is 1. The average molecular weight is 1410 g/mol. The van der Waals surface area contributed by atoms with Crippen LogP contribution in [0.25, 0.3) is 0 Å². The number of nitrogens with one attached hydrogen (secondary N) is 11. The molecule has 540 valence electrons. The van der Waals surface area contributed by atoms with Crippen LogP contribution >= 0.6 is 21.6 Å². The molecule has 10 amide bonds. The highest BCUT2D eigenvalue weighted by atomic mass is 33.1. The third kappa shape index (κ3) is 29.0. The minimum atomic E-state index is -1.95. The minimum Gasteiger partial charge on any atom is -0.481 e. The van der Waals surface area contributed by atoms with Gasteiger partial charge in [0.05, 0.1) is 36.6 Å². The predicted octanol–water partition coefficient (Wildman–Crippen LogP) is -7.37. The monoisotopic (exact) mass is 1410 g/mol. The Morgan fingerprint density at radius 3 is 1.68 bits per heavy atom. The number of hydrogen-bond acceptors (Lipinski definition) is 20. The average Bonchev–Trinajstić information content (AvgIpc) is 0.855. The summed E-state index contributed by atoms with van der Waals surface area (Å²) in [5, 5.41) is 45.5. The summed E-state index contributed by atoms with van der Waals surface area (Å²) in [6.45, 7) is -1.82. The number of aromatic nitrogens is 2. The van der Waals surface area contributed by atoms with Crippen molar-refractivity contribution in [1.82, 2.24) is 63.1 Å². The number of benzene rings is 1. The summed E-state index contributed by atoms with van der Waals surface area (Å²) in [4.78, 5) is 192. The van der Waals surface area contributed by atoms with Gasteiger partial charge in [-0.25, -0.2) is 9.78 Å². The van der Waals surface area contributed by atoms with Crippen molar-refractivity contribution in [2.45, 2.75) is 155 Å². The normalized spacial score (nSPS) is 21.7. The zero-order valence-electron chi connectivity index (χ0n) is 53.8. The van der Waals surface area contributed by atoms with Crippen molar-refractivity contribution in [2.24, 2.45) is 71.6 Å². The van der Waals surface area contributed by atoms with Crippen LogP contribution < -0.4 is 105 Å². The molecule has 1 aliphatic heterocycles. The van der Waals surface area contributed by atoms with Crippen molar-refractivity contribution < 1.29 is 67.7 Å². The van der Waals surface area contributed by atoms with Gasteiger partial charge in [0.2, 0.25) is 59.1 Å². The summed E-state index contributed by atoms with van der Waals surface area (Å²) < 4.78 is -1.30. The molecular formula is C57H91N25O14S2. The van der Waals surface area contributed by atoms with Gasteiger partial charge in [0.25, 0.3) is 0 Å². The van der Waals surface area contributed by atoms with Crippen molar-refractivity contribution in [3.05, 3.63) is 54.1 Å². The maximum Gasteiger partial charge on any atom is 0.326 e. The van der Waals surface area contributed by atoms with Gasteiger partial charge in [0.1, 0.15) is 48.3 Å². The summed E-state index contributed by atoms with van der Waals surface area (Å²) in [6.07, 6.45) is 3.08. The molecule has 2 heterocycles. The second-order valence-electron chi connectivity index (χ2n) is 22.8. The second-order valence-corrected chi connectivity index (χ2v) is 25.6. The van der Waals surface area contributed by atoms with Crippen LogP contribution in [0.15, 0.2) is 62.8 Å². The Balaban J connectivity index is 1.93. The number of aliphatic imine (C=N–C) groups is 4. The molecule has 39 nitrogen and oxygen atoms in total. The largest absolute Gasteiger partial charge is 0.481 e. The SMILES string of the molecule is NC(N)=NCCC[C@H](NC(=O)[C@@H]1CSSC2(CCCCC2)C(NC(=O)[C@@H](N)CCCN=C(N)N)C(=O)NCC(=O)N[C@@H](Cc2cnc[nH]2)C(=O)N[C@@H](CCCN=C(N)N)C(=O)NCC(=O)N[C@@H](CC(=O)O)C(=O)N[C@@H](c2ccccc2)C(=O)N[C@@H](CCCN=C(N)N)C(=O)N1)C(=O)O. The fourth-order valence-corrected chi connectivity index (χ4v) is 13.6. The van der Waals surface area contributed by atoms with Crippen LogP contribution in [-0.4, -0.2) is 213 Å². The van der Waals surface area contributed by atoms with Crippen LogP contribution in [0, 0.1) is 0 Å². The first-order valence-corrected chi connectivity index (χ1v) is 33.6. The van der Waals surface area contributed by atoms with Crippen LogP contribution in [0.5, 0.6) is 0 Å². The van der Waals surface area contributed by atoms with Crippen molar-refractivity contribution in [1.29, 1.82) is 0 Å². The maximum atomic E-state index is 15.0. The zero-order chi connectivity index (χ0) is 72.3. The van der Waals surface area contributed by atoms with Crippen molar-refractivity contribution >= 4 is 116 Å². The molecule has 2 fully saturated rings. The molecule has 2 aromatic rings. The molecule has 1 unspecified atom stereocenters. The molecular weight excluding hydrogens is 1320 g/mol. The summed E-state index contributed by atoms with van der Waals surface area (Å²) in [7, 11) is 1.99. The molecule has 1 aromatic carbocycles. The molecule has 1 aromatic heterocycles. The molecule has 2 aliphatic rings. The molecule has 4 rings (SSSR count). The lowest BCUT2D eigenvalue weighted by atomic mass is 9.82. The molecule has 1 saturated heterocycles. The van der Waals surface area contributed by atoms with Crippen LogP contribution in [-0.2, 0) is 64.0 Å². The number of aromatic amines is 1. The number of guanidine groups is 4. The van der Waals surface area contributed by atoms with E-state index in [4.69, 9.17) is 51.6 Å². The van der Waals surface area contributed by atoms with E-state index in [9.17, 15) is 67.7 Å². The fourth-order valence-electron chi connectivity index (χ4n) is 10.1. The van der Waals surface area contributed by atoms with Crippen molar-refractivity contribution in [3.63, 3.8) is 0 Å². The topological polar surface area (TPSA) is 678 Å². The van der Waals surface area contributed by atoms with Crippen LogP contribution in [0.4, 0.5) is 0 Å². The summed E-state index contributed by atoms with van der Waals surface area (Å²) in [6, 6.07) is -6.98. The van der Waals surface area contributed by atoms with Gasteiger partial charge in [-0.15, -0.1) is 0 Å². The van der Waals surface area contributed by atoms with Crippen LogP contribution in [0.3, 0.4) is 0 Å². The lowest BCUT2D eigenvalue weighted by Gasteiger charge is -2.42. The fraction of sp³-hybridized carbons (Fsp3) is 0.561. The molecule has 0 radical (unpaired) electrons. The quantitative estimate of drug-likeness (QED) is 0.0180. The number of carboxylic acid groups (broad SMARTS) is 2. The Kier molecular flexibility index (Phi) is 34.1. The third-order valence-electron chi connectivity index (χ3n) is 15.1. The molecule has 41 heteroatoms. The summed E-state index contributed by atoms with van der Waals surface area (Å²) >= 11 is 0. The first-order valence-electron chi connectivity index (χ1n) is 31.3. The number of carboxylic acids is 2. The number of amides is 10. The molecule has 1 saturated carbocycles. The first-order chi connectivity index (χ1) is 46.6. The number of carbonyl (C=O) groups is 12. The van der Waals surface area contributed by atoms with Crippen LogP contribution in [0.1, 0.15) is 107 Å². The number of aliphatic carboxylic acids is 2. The number of nitrogens with zero attached hydrogens (tertiary/aromatic N) is 5. The van der Waals surface area contributed by atoms with E-state index in [1.165, 1.54) is 36.8 Å². The van der Waals surface area contributed by atoms with Gasteiger partial charge in [-0.2, -0.15) is 0 Å².